The molecule has 0 spiro atoms. The first-order valence-electron chi connectivity index (χ1n) is 10.6. The molecule has 3 heterocycles. The molecule has 0 saturated carbocycles. The molecule has 5 nitrogen and oxygen atoms in total. The summed E-state index contributed by atoms with van der Waals surface area (Å²) >= 11 is 1.43. The van der Waals surface area contributed by atoms with Gasteiger partial charge in [0, 0.05) is 45.7 Å². The van der Waals surface area contributed by atoms with E-state index in [9.17, 15) is 18.0 Å². The summed E-state index contributed by atoms with van der Waals surface area (Å²) in [5, 5.41) is 0.768. The maximum absolute atomic E-state index is 12.9. The van der Waals surface area contributed by atoms with Gasteiger partial charge in [-0.3, -0.25) is 4.79 Å². The highest BCUT2D eigenvalue weighted by atomic mass is 32.1. The van der Waals surface area contributed by atoms with Gasteiger partial charge in [0.05, 0.1) is 15.8 Å². The number of piperazine rings is 1. The van der Waals surface area contributed by atoms with Crippen LogP contribution in [0, 0.1) is 5.92 Å². The van der Waals surface area contributed by atoms with Crippen molar-refractivity contribution in [3.05, 3.63) is 23.8 Å². The Morgan fingerprint density at radius 2 is 1.83 bits per heavy atom. The molecule has 0 N–H and O–H groups in total. The topological polar surface area (TPSA) is 39.7 Å². The van der Waals surface area contributed by atoms with Crippen LogP contribution in [-0.4, -0.2) is 66.5 Å². The molecule has 0 atom stereocenters. The van der Waals surface area contributed by atoms with Crippen molar-refractivity contribution in [3.8, 4) is 0 Å². The quantitative estimate of drug-likeness (QED) is 0.718. The number of anilines is 1. The standard InChI is InChI=1S/C21H27F3N4OS/c1-2-26-9-11-27(12-10-26)19(29)13-15-5-7-28(8-6-15)20-25-17-14-16(21(22,23)24)3-4-18(17)30-20/h3-4,14-15H,2,5-13H2,1H3. The summed E-state index contributed by atoms with van der Waals surface area (Å²) in [7, 11) is 0. The van der Waals surface area contributed by atoms with Crippen LogP contribution in [0.1, 0.15) is 31.7 Å². The molecule has 2 fully saturated rings. The Hall–Kier alpha value is -1.87. The third-order valence-electron chi connectivity index (χ3n) is 6.22. The molecule has 9 heteroatoms. The summed E-state index contributed by atoms with van der Waals surface area (Å²) in [6.45, 7) is 8.29. The minimum atomic E-state index is -4.36. The van der Waals surface area contributed by atoms with E-state index in [1.54, 1.807) is 0 Å². The summed E-state index contributed by atoms with van der Waals surface area (Å²) in [5.74, 6) is 0.619. The highest BCUT2D eigenvalue weighted by Gasteiger charge is 2.31. The molecule has 2 aliphatic rings. The van der Waals surface area contributed by atoms with E-state index in [-0.39, 0.29) is 5.91 Å². The van der Waals surface area contributed by atoms with E-state index in [0.29, 0.717) is 17.9 Å². The molecule has 30 heavy (non-hydrogen) atoms. The Labute approximate surface area is 178 Å². The minimum absolute atomic E-state index is 0.254. The van der Waals surface area contributed by atoms with Gasteiger partial charge in [-0.2, -0.15) is 13.2 Å². The van der Waals surface area contributed by atoms with Gasteiger partial charge in [-0.15, -0.1) is 0 Å². The van der Waals surface area contributed by atoms with Crippen LogP contribution in [-0.2, 0) is 11.0 Å². The molecule has 0 bridgehead atoms. The van der Waals surface area contributed by atoms with Gasteiger partial charge in [-0.1, -0.05) is 18.3 Å². The summed E-state index contributed by atoms with van der Waals surface area (Å²) in [6.07, 6.45) is -1.95. The average Bonchev–Trinajstić information content (AvgIpc) is 3.17. The zero-order chi connectivity index (χ0) is 21.3. The van der Waals surface area contributed by atoms with Gasteiger partial charge in [-0.25, -0.2) is 4.98 Å². The summed E-state index contributed by atoms with van der Waals surface area (Å²) < 4.78 is 39.5. The number of likely N-dealkylation sites (N-methyl/N-ethyl adjacent to an activating group) is 1. The number of carbonyl (C=O) groups excluding carboxylic acids is 1. The van der Waals surface area contributed by atoms with Crippen molar-refractivity contribution >= 4 is 32.6 Å². The van der Waals surface area contributed by atoms with E-state index < -0.39 is 11.7 Å². The molecule has 1 amide bonds. The lowest BCUT2D eigenvalue weighted by Gasteiger charge is -2.36. The van der Waals surface area contributed by atoms with E-state index in [1.807, 2.05) is 4.90 Å². The zero-order valence-electron chi connectivity index (χ0n) is 17.1. The van der Waals surface area contributed by atoms with E-state index in [2.05, 4.69) is 21.7 Å². The number of rotatable bonds is 4. The van der Waals surface area contributed by atoms with Crippen molar-refractivity contribution in [1.82, 2.24) is 14.8 Å². The molecule has 2 aromatic rings. The predicted octanol–water partition coefficient (Wildman–Crippen LogP) is 4.09. The lowest BCUT2D eigenvalue weighted by Crippen LogP contribution is -2.49. The Bertz CT molecular complexity index is 884. The second-order valence-corrected chi connectivity index (χ2v) is 9.14. The van der Waals surface area contributed by atoms with E-state index in [0.717, 1.165) is 80.6 Å². The second-order valence-electron chi connectivity index (χ2n) is 8.13. The highest BCUT2D eigenvalue weighted by Crippen LogP contribution is 2.36. The van der Waals surface area contributed by atoms with Gasteiger partial charge in [0.1, 0.15) is 0 Å². The average molecular weight is 441 g/mol. The third-order valence-corrected chi connectivity index (χ3v) is 7.32. The first-order chi connectivity index (χ1) is 14.3. The number of fused-ring (bicyclic) bond motifs is 1. The van der Waals surface area contributed by atoms with Gasteiger partial charge in [0.2, 0.25) is 5.91 Å². The molecular weight excluding hydrogens is 413 g/mol. The van der Waals surface area contributed by atoms with E-state index in [1.165, 1.54) is 17.4 Å². The van der Waals surface area contributed by atoms with Crippen LogP contribution in [0.15, 0.2) is 18.2 Å². The Balaban J connectivity index is 1.31. The van der Waals surface area contributed by atoms with Crippen LogP contribution >= 0.6 is 11.3 Å². The molecular formula is C21H27F3N4OS. The number of thiazole rings is 1. The number of alkyl halides is 3. The molecule has 1 aromatic carbocycles. The Kier molecular flexibility index (Phi) is 6.20. The van der Waals surface area contributed by atoms with Crippen LogP contribution in [0.2, 0.25) is 0 Å². The fraction of sp³-hybridized carbons (Fsp3) is 0.619. The number of halogens is 3. The number of hydrogen-bond donors (Lipinski definition) is 0. The second kappa shape index (κ2) is 8.70. The van der Waals surface area contributed by atoms with Crippen molar-refractivity contribution in [2.45, 2.75) is 32.4 Å². The Morgan fingerprint density at radius 1 is 1.13 bits per heavy atom. The van der Waals surface area contributed by atoms with Gasteiger partial charge >= 0.3 is 6.18 Å². The summed E-state index contributed by atoms with van der Waals surface area (Å²) in [4.78, 5) is 23.6. The van der Waals surface area contributed by atoms with Crippen molar-refractivity contribution < 1.29 is 18.0 Å². The SMILES string of the molecule is CCN1CCN(C(=O)CC2CCN(c3nc4cc(C(F)(F)F)ccc4s3)CC2)CC1. The molecule has 0 radical (unpaired) electrons. The molecule has 2 aliphatic heterocycles. The predicted molar refractivity (Wildman–Crippen MR) is 113 cm³/mol. The third kappa shape index (κ3) is 4.72. The van der Waals surface area contributed by atoms with Gasteiger partial charge in [0.15, 0.2) is 5.13 Å². The normalized spacial score (nSPS) is 19.6. The maximum atomic E-state index is 12.9. The smallest absolute Gasteiger partial charge is 0.348 e. The minimum Gasteiger partial charge on any atom is -0.348 e. The zero-order valence-corrected chi connectivity index (χ0v) is 17.9. The van der Waals surface area contributed by atoms with E-state index in [4.69, 9.17) is 0 Å². The lowest BCUT2D eigenvalue weighted by atomic mass is 9.93. The molecule has 2 saturated heterocycles. The molecule has 4 rings (SSSR count). The summed E-state index contributed by atoms with van der Waals surface area (Å²) in [5.41, 5.74) is -0.266. The van der Waals surface area contributed by atoms with Crippen LogP contribution in [0.25, 0.3) is 10.2 Å². The number of carbonyl (C=O) groups is 1. The number of amides is 1. The molecule has 1 aromatic heterocycles. The van der Waals surface area contributed by atoms with Crippen molar-refractivity contribution in [3.63, 3.8) is 0 Å². The number of hydrogen-bond acceptors (Lipinski definition) is 5. The highest BCUT2D eigenvalue weighted by molar-refractivity contribution is 7.22. The monoisotopic (exact) mass is 440 g/mol. The number of aromatic nitrogens is 1. The van der Waals surface area contributed by atoms with Crippen molar-refractivity contribution in [1.29, 1.82) is 0 Å². The number of nitrogens with zero attached hydrogens (tertiary/aromatic N) is 4. The molecule has 164 valence electrons. The fourth-order valence-corrected chi connectivity index (χ4v) is 5.24. The fourth-order valence-electron chi connectivity index (χ4n) is 4.24. The Morgan fingerprint density at radius 3 is 2.47 bits per heavy atom. The largest absolute Gasteiger partial charge is 0.416 e. The van der Waals surface area contributed by atoms with Crippen LogP contribution in [0.4, 0.5) is 18.3 Å². The van der Waals surface area contributed by atoms with Crippen molar-refractivity contribution in [2.24, 2.45) is 5.92 Å². The first kappa shape index (κ1) is 21.4. The molecule has 0 aliphatic carbocycles. The first-order valence-corrected chi connectivity index (χ1v) is 11.4. The molecule has 0 unspecified atom stereocenters. The van der Waals surface area contributed by atoms with Crippen LogP contribution in [0.3, 0.4) is 0 Å². The van der Waals surface area contributed by atoms with Crippen molar-refractivity contribution in [2.75, 3.05) is 50.7 Å². The van der Waals surface area contributed by atoms with Crippen LogP contribution in [0.5, 0.6) is 0 Å². The van der Waals surface area contributed by atoms with Gasteiger partial charge < -0.3 is 14.7 Å². The van der Waals surface area contributed by atoms with Gasteiger partial charge in [-0.05, 0) is 43.5 Å². The van der Waals surface area contributed by atoms with Gasteiger partial charge in [0.25, 0.3) is 0 Å². The number of benzene rings is 1. The number of piperidine rings is 1. The summed E-state index contributed by atoms with van der Waals surface area (Å²) in [6, 6.07) is 3.74. The lowest BCUT2D eigenvalue weighted by molar-refractivity contribution is -0.137. The van der Waals surface area contributed by atoms with E-state index >= 15 is 0 Å². The maximum Gasteiger partial charge on any atom is 0.416 e. The van der Waals surface area contributed by atoms with Crippen LogP contribution < -0.4 is 4.90 Å².